The van der Waals surface area contributed by atoms with Gasteiger partial charge in [-0.2, -0.15) is 0 Å². The highest BCUT2D eigenvalue weighted by atomic mass is 16.5. The molecule has 1 heterocycles. The predicted octanol–water partition coefficient (Wildman–Crippen LogP) is 2.96. The van der Waals surface area contributed by atoms with Crippen LogP contribution >= 0.6 is 0 Å². The van der Waals surface area contributed by atoms with Crippen LogP contribution in [0.25, 0.3) is 0 Å². The van der Waals surface area contributed by atoms with Crippen LogP contribution in [0.5, 0.6) is 0 Å². The topological polar surface area (TPSA) is 54.9 Å². The molecule has 1 aliphatic heterocycles. The number of hydrogen-bond acceptors (Lipinski definition) is 3. The first-order valence-electron chi connectivity index (χ1n) is 9.39. The lowest BCUT2D eigenvalue weighted by atomic mass is 10.0. The first-order valence-corrected chi connectivity index (χ1v) is 9.39. The summed E-state index contributed by atoms with van der Waals surface area (Å²) in [7, 11) is 0. The Morgan fingerprint density at radius 3 is 2.80 bits per heavy atom. The van der Waals surface area contributed by atoms with E-state index in [0.717, 1.165) is 45.1 Å². The van der Waals surface area contributed by atoms with Gasteiger partial charge in [-0.15, -0.1) is 0 Å². The summed E-state index contributed by atoms with van der Waals surface area (Å²) in [5.41, 5.74) is 1.11. The molecule has 1 saturated heterocycles. The van der Waals surface area contributed by atoms with E-state index < -0.39 is 0 Å². The van der Waals surface area contributed by atoms with E-state index in [0.29, 0.717) is 19.1 Å². The summed E-state index contributed by atoms with van der Waals surface area (Å²) in [6.45, 7) is 11.0. The van der Waals surface area contributed by atoms with Crippen molar-refractivity contribution in [2.45, 2.75) is 45.8 Å². The van der Waals surface area contributed by atoms with Gasteiger partial charge < -0.3 is 20.1 Å². The highest BCUT2D eigenvalue weighted by Gasteiger charge is 2.29. The zero-order chi connectivity index (χ0) is 18.0. The summed E-state index contributed by atoms with van der Waals surface area (Å²) in [5.74, 6) is 1.26. The number of nitrogens with one attached hydrogen (secondary N) is 2. The van der Waals surface area contributed by atoms with Gasteiger partial charge in [0.1, 0.15) is 0 Å². The number of aliphatic imine (C=N–C) groups is 1. The Labute approximate surface area is 152 Å². The van der Waals surface area contributed by atoms with Gasteiger partial charge in [-0.05, 0) is 38.2 Å². The van der Waals surface area contributed by atoms with Gasteiger partial charge in [-0.3, -0.25) is 4.99 Å². The zero-order valence-corrected chi connectivity index (χ0v) is 15.9. The second kappa shape index (κ2) is 10.4. The molecule has 25 heavy (non-hydrogen) atoms. The average molecular weight is 348 g/mol. The lowest BCUT2D eigenvalue weighted by molar-refractivity contribution is 0.0283. The van der Waals surface area contributed by atoms with Gasteiger partial charge in [0.2, 0.25) is 0 Å². The SMILES string of the molecule is CCNC(=NCC1(C)CCCO1)NCC(C)COCc1ccccc1. The first-order chi connectivity index (χ1) is 12.1. The minimum Gasteiger partial charge on any atom is -0.376 e. The Morgan fingerprint density at radius 1 is 1.32 bits per heavy atom. The highest BCUT2D eigenvalue weighted by molar-refractivity contribution is 5.79. The average Bonchev–Trinajstić information content (AvgIpc) is 3.05. The van der Waals surface area contributed by atoms with Crippen molar-refractivity contribution >= 4 is 5.96 Å². The second-order valence-electron chi connectivity index (χ2n) is 7.08. The third-order valence-electron chi connectivity index (χ3n) is 4.35. The highest BCUT2D eigenvalue weighted by Crippen LogP contribution is 2.24. The van der Waals surface area contributed by atoms with Crippen LogP contribution in [0, 0.1) is 5.92 Å². The standard InChI is InChI=1S/C20H33N3O2/c1-4-21-19(23-16-20(3)11-8-12-25-20)22-13-17(2)14-24-15-18-9-6-5-7-10-18/h5-7,9-10,17H,4,8,11-16H2,1-3H3,(H2,21,22,23). The summed E-state index contributed by atoms with van der Waals surface area (Å²) >= 11 is 0. The van der Waals surface area contributed by atoms with Crippen LogP contribution in [0.1, 0.15) is 39.2 Å². The molecule has 1 aromatic carbocycles. The van der Waals surface area contributed by atoms with E-state index in [1.54, 1.807) is 0 Å². The molecule has 2 atom stereocenters. The quantitative estimate of drug-likeness (QED) is 0.533. The Hall–Kier alpha value is -1.59. The van der Waals surface area contributed by atoms with Crippen LogP contribution in [0.15, 0.2) is 35.3 Å². The van der Waals surface area contributed by atoms with Gasteiger partial charge in [0, 0.05) is 19.7 Å². The fourth-order valence-corrected chi connectivity index (χ4v) is 2.83. The Kier molecular flexibility index (Phi) is 8.22. The molecule has 0 amide bonds. The molecule has 0 aliphatic carbocycles. The maximum Gasteiger partial charge on any atom is 0.191 e. The van der Waals surface area contributed by atoms with E-state index in [9.17, 15) is 0 Å². The molecule has 5 nitrogen and oxygen atoms in total. The molecule has 0 radical (unpaired) electrons. The van der Waals surface area contributed by atoms with Crippen LogP contribution in [0.3, 0.4) is 0 Å². The number of guanidine groups is 1. The van der Waals surface area contributed by atoms with Crippen molar-refractivity contribution in [3.8, 4) is 0 Å². The number of hydrogen-bond donors (Lipinski definition) is 2. The number of benzene rings is 1. The summed E-state index contributed by atoms with van der Waals surface area (Å²) in [6.07, 6.45) is 2.21. The molecular weight excluding hydrogens is 314 g/mol. The summed E-state index contributed by atoms with van der Waals surface area (Å²) in [6, 6.07) is 10.3. The second-order valence-corrected chi connectivity index (χ2v) is 7.08. The zero-order valence-electron chi connectivity index (χ0n) is 15.9. The van der Waals surface area contributed by atoms with E-state index in [4.69, 9.17) is 14.5 Å². The van der Waals surface area contributed by atoms with E-state index >= 15 is 0 Å². The van der Waals surface area contributed by atoms with Crippen molar-refractivity contribution in [3.05, 3.63) is 35.9 Å². The van der Waals surface area contributed by atoms with Gasteiger partial charge in [0.25, 0.3) is 0 Å². The lowest BCUT2D eigenvalue weighted by Crippen LogP contribution is -2.41. The number of ether oxygens (including phenoxy) is 2. The minimum atomic E-state index is -0.104. The molecular formula is C20H33N3O2. The molecule has 0 aromatic heterocycles. The lowest BCUT2D eigenvalue weighted by Gasteiger charge is -2.22. The summed E-state index contributed by atoms with van der Waals surface area (Å²) in [4.78, 5) is 4.70. The van der Waals surface area contributed by atoms with Crippen molar-refractivity contribution in [2.24, 2.45) is 10.9 Å². The van der Waals surface area contributed by atoms with E-state index in [1.165, 1.54) is 5.56 Å². The van der Waals surface area contributed by atoms with Crippen LogP contribution in [0.4, 0.5) is 0 Å². The van der Waals surface area contributed by atoms with Gasteiger partial charge in [-0.25, -0.2) is 0 Å². The van der Waals surface area contributed by atoms with Crippen molar-refractivity contribution in [2.75, 3.05) is 32.8 Å². The fraction of sp³-hybridized carbons (Fsp3) is 0.650. The molecule has 0 spiro atoms. The molecule has 0 saturated carbocycles. The molecule has 1 aliphatic rings. The van der Waals surface area contributed by atoms with Gasteiger partial charge in [0.15, 0.2) is 5.96 Å². The molecule has 2 rings (SSSR count). The van der Waals surface area contributed by atoms with E-state index in [2.05, 4.69) is 43.5 Å². The van der Waals surface area contributed by atoms with E-state index in [-0.39, 0.29) is 5.60 Å². The van der Waals surface area contributed by atoms with Crippen molar-refractivity contribution < 1.29 is 9.47 Å². The molecule has 5 heteroatoms. The molecule has 1 fully saturated rings. The molecule has 2 N–H and O–H groups in total. The number of rotatable bonds is 9. The van der Waals surface area contributed by atoms with Crippen LogP contribution in [-0.4, -0.2) is 44.4 Å². The van der Waals surface area contributed by atoms with Crippen molar-refractivity contribution in [3.63, 3.8) is 0 Å². The monoisotopic (exact) mass is 347 g/mol. The molecule has 1 aromatic rings. The third kappa shape index (κ3) is 7.45. The molecule has 0 bridgehead atoms. The van der Waals surface area contributed by atoms with Crippen LogP contribution < -0.4 is 10.6 Å². The van der Waals surface area contributed by atoms with E-state index in [1.807, 2.05) is 18.2 Å². The predicted molar refractivity (Wildman–Crippen MR) is 103 cm³/mol. The van der Waals surface area contributed by atoms with Crippen molar-refractivity contribution in [1.29, 1.82) is 0 Å². The van der Waals surface area contributed by atoms with Crippen molar-refractivity contribution in [1.82, 2.24) is 10.6 Å². The number of nitrogens with zero attached hydrogens (tertiary/aromatic N) is 1. The normalized spacial score (nSPS) is 22.0. The molecule has 140 valence electrons. The van der Waals surface area contributed by atoms with Gasteiger partial charge in [-0.1, -0.05) is 37.3 Å². The summed E-state index contributed by atoms with van der Waals surface area (Å²) in [5, 5.41) is 6.72. The largest absolute Gasteiger partial charge is 0.376 e. The Bertz CT molecular complexity index is 513. The van der Waals surface area contributed by atoms with Crippen LogP contribution in [-0.2, 0) is 16.1 Å². The maximum atomic E-state index is 5.81. The smallest absolute Gasteiger partial charge is 0.191 e. The third-order valence-corrected chi connectivity index (χ3v) is 4.35. The fourth-order valence-electron chi connectivity index (χ4n) is 2.83. The van der Waals surface area contributed by atoms with Gasteiger partial charge >= 0.3 is 0 Å². The molecule has 2 unspecified atom stereocenters. The first kappa shape index (κ1) is 19.7. The Balaban J connectivity index is 1.70. The Morgan fingerprint density at radius 2 is 2.12 bits per heavy atom. The van der Waals surface area contributed by atoms with Gasteiger partial charge in [0.05, 0.1) is 25.4 Å². The van der Waals surface area contributed by atoms with Crippen LogP contribution in [0.2, 0.25) is 0 Å². The summed E-state index contributed by atoms with van der Waals surface area (Å²) < 4.78 is 11.6. The maximum absolute atomic E-state index is 5.81. The minimum absolute atomic E-state index is 0.104.